The summed E-state index contributed by atoms with van der Waals surface area (Å²) in [4.78, 5) is 22.1. The highest BCUT2D eigenvalue weighted by Gasteiger charge is 2.23. The van der Waals surface area contributed by atoms with Gasteiger partial charge in [-0.2, -0.15) is 4.98 Å². The molecule has 0 saturated carbocycles. The summed E-state index contributed by atoms with van der Waals surface area (Å²) in [5.74, 6) is 1.44. The van der Waals surface area contributed by atoms with Crippen molar-refractivity contribution in [2.75, 3.05) is 30.3 Å². The maximum atomic E-state index is 11.7. The number of ether oxygens (including phenoxy) is 1. The van der Waals surface area contributed by atoms with Crippen molar-refractivity contribution in [1.82, 2.24) is 14.9 Å². The van der Waals surface area contributed by atoms with Gasteiger partial charge in [0.1, 0.15) is 5.82 Å². The molecule has 1 aliphatic rings. The molecular formula is C15H25N5O2. The zero-order chi connectivity index (χ0) is 15.9. The molecule has 7 heteroatoms. The van der Waals surface area contributed by atoms with Gasteiger partial charge in [-0.1, -0.05) is 0 Å². The first kappa shape index (κ1) is 16.3. The summed E-state index contributed by atoms with van der Waals surface area (Å²) in [6.07, 6.45) is 3.25. The van der Waals surface area contributed by atoms with Crippen LogP contribution in [0.4, 0.5) is 16.6 Å². The standard InChI is InChI=1S/C15H25N5O2/c1-4-22-15(21)20-9-6-12(7-10-20)18-14-16-8-5-13(19-14)17-11(2)3/h5,8,11-12H,4,6-7,9-10H2,1-3H3,(H2,16,17,18,19). The van der Waals surface area contributed by atoms with Crippen LogP contribution in [-0.2, 0) is 4.74 Å². The van der Waals surface area contributed by atoms with Gasteiger partial charge in [-0.05, 0) is 39.7 Å². The van der Waals surface area contributed by atoms with Crippen LogP contribution in [0.3, 0.4) is 0 Å². The van der Waals surface area contributed by atoms with E-state index in [4.69, 9.17) is 4.74 Å². The monoisotopic (exact) mass is 307 g/mol. The van der Waals surface area contributed by atoms with Crippen molar-refractivity contribution in [2.45, 2.75) is 45.7 Å². The highest BCUT2D eigenvalue weighted by atomic mass is 16.6. The van der Waals surface area contributed by atoms with E-state index in [1.807, 2.05) is 13.0 Å². The number of amides is 1. The van der Waals surface area contributed by atoms with Gasteiger partial charge in [0.15, 0.2) is 0 Å². The van der Waals surface area contributed by atoms with Gasteiger partial charge in [-0.15, -0.1) is 0 Å². The van der Waals surface area contributed by atoms with Crippen LogP contribution in [0.5, 0.6) is 0 Å². The van der Waals surface area contributed by atoms with E-state index in [0.29, 0.717) is 31.7 Å². The number of carbonyl (C=O) groups excluding carboxylic acids is 1. The Morgan fingerprint density at radius 2 is 2.18 bits per heavy atom. The molecule has 1 saturated heterocycles. The van der Waals surface area contributed by atoms with Crippen LogP contribution in [0.25, 0.3) is 0 Å². The van der Waals surface area contributed by atoms with Crippen LogP contribution in [-0.4, -0.2) is 52.7 Å². The van der Waals surface area contributed by atoms with Crippen LogP contribution < -0.4 is 10.6 Å². The molecule has 0 radical (unpaired) electrons. The molecule has 1 aromatic heterocycles. The second-order valence-electron chi connectivity index (χ2n) is 5.67. The summed E-state index contributed by atoms with van der Waals surface area (Å²) < 4.78 is 5.02. The predicted molar refractivity (Wildman–Crippen MR) is 86.0 cm³/mol. The third-order valence-corrected chi connectivity index (χ3v) is 3.45. The lowest BCUT2D eigenvalue weighted by Gasteiger charge is -2.31. The summed E-state index contributed by atoms with van der Waals surface area (Å²) >= 11 is 0. The van der Waals surface area contributed by atoms with Gasteiger partial charge >= 0.3 is 6.09 Å². The lowest BCUT2D eigenvalue weighted by molar-refractivity contribution is 0.0983. The SMILES string of the molecule is CCOC(=O)N1CCC(Nc2nccc(NC(C)C)n2)CC1. The van der Waals surface area contributed by atoms with Crippen LogP contribution >= 0.6 is 0 Å². The molecule has 0 aliphatic carbocycles. The summed E-state index contributed by atoms with van der Waals surface area (Å²) in [6, 6.07) is 2.46. The molecule has 2 heterocycles. The number of nitrogens with one attached hydrogen (secondary N) is 2. The van der Waals surface area contributed by atoms with Gasteiger partial charge < -0.3 is 20.3 Å². The van der Waals surface area contributed by atoms with E-state index in [0.717, 1.165) is 18.7 Å². The Bertz CT molecular complexity index is 487. The molecular weight excluding hydrogens is 282 g/mol. The first-order valence-electron chi connectivity index (χ1n) is 7.86. The van der Waals surface area contributed by atoms with Crippen LogP contribution in [0.1, 0.15) is 33.6 Å². The van der Waals surface area contributed by atoms with E-state index in [9.17, 15) is 4.79 Å². The second-order valence-corrected chi connectivity index (χ2v) is 5.67. The molecule has 1 amide bonds. The van der Waals surface area contributed by atoms with E-state index in [1.54, 1.807) is 11.1 Å². The average molecular weight is 307 g/mol. The Labute approximate surface area is 131 Å². The third kappa shape index (κ3) is 4.75. The molecule has 0 spiro atoms. The lowest BCUT2D eigenvalue weighted by atomic mass is 10.1. The van der Waals surface area contributed by atoms with Gasteiger partial charge in [-0.3, -0.25) is 0 Å². The van der Waals surface area contributed by atoms with Gasteiger partial charge in [0, 0.05) is 31.4 Å². The molecule has 1 aromatic rings. The van der Waals surface area contributed by atoms with E-state index in [2.05, 4.69) is 34.4 Å². The fraction of sp³-hybridized carbons (Fsp3) is 0.667. The van der Waals surface area contributed by atoms with Crippen molar-refractivity contribution < 1.29 is 9.53 Å². The number of rotatable bonds is 5. The predicted octanol–water partition coefficient (Wildman–Crippen LogP) is 2.33. The van der Waals surface area contributed by atoms with Crippen molar-refractivity contribution in [3.05, 3.63) is 12.3 Å². The molecule has 0 bridgehead atoms. The topological polar surface area (TPSA) is 79.4 Å². The molecule has 1 fully saturated rings. The molecule has 1 aliphatic heterocycles. The van der Waals surface area contributed by atoms with Crippen LogP contribution in [0.2, 0.25) is 0 Å². The minimum atomic E-state index is -0.222. The molecule has 0 atom stereocenters. The Morgan fingerprint density at radius 3 is 2.82 bits per heavy atom. The number of nitrogens with zero attached hydrogens (tertiary/aromatic N) is 3. The smallest absolute Gasteiger partial charge is 0.409 e. The molecule has 0 aromatic carbocycles. The van der Waals surface area contributed by atoms with Crippen LogP contribution in [0.15, 0.2) is 12.3 Å². The van der Waals surface area contributed by atoms with E-state index in [1.165, 1.54) is 0 Å². The van der Waals surface area contributed by atoms with Gasteiger partial charge in [-0.25, -0.2) is 9.78 Å². The van der Waals surface area contributed by atoms with Gasteiger partial charge in [0.05, 0.1) is 6.61 Å². The summed E-state index contributed by atoms with van der Waals surface area (Å²) in [5, 5.41) is 6.60. The van der Waals surface area contributed by atoms with Gasteiger partial charge in [0.2, 0.25) is 5.95 Å². The first-order chi connectivity index (χ1) is 10.6. The highest BCUT2D eigenvalue weighted by Crippen LogP contribution is 2.16. The van der Waals surface area contributed by atoms with Crippen molar-refractivity contribution >= 4 is 17.9 Å². The normalized spacial score (nSPS) is 15.7. The zero-order valence-electron chi connectivity index (χ0n) is 13.5. The number of hydrogen-bond acceptors (Lipinski definition) is 6. The average Bonchev–Trinajstić information content (AvgIpc) is 2.48. The van der Waals surface area contributed by atoms with Crippen molar-refractivity contribution in [3.8, 4) is 0 Å². The Hall–Kier alpha value is -2.05. The number of carbonyl (C=O) groups is 1. The molecule has 22 heavy (non-hydrogen) atoms. The number of aromatic nitrogens is 2. The maximum Gasteiger partial charge on any atom is 0.409 e. The molecule has 2 rings (SSSR count). The van der Waals surface area contributed by atoms with Crippen molar-refractivity contribution in [3.63, 3.8) is 0 Å². The summed E-state index contributed by atoms with van der Waals surface area (Å²) in [6.45, 7) is 7.77. The van der Waals surface area contributed by atoms with E-state index >= 15 is 0 Å². The molecule has 122 valence electrons. The Kier molecular flexibility index (Phi) is 5.80. The minimum Gasteiger partial charge on any atom is -0.450 e. The number of piperidine rings is 1. The summed E-state index contributed by atoms with van der Waals surface area (Å²) in [7, 11) is 0. The van der Waals surface area contributed by atoms with E-state index in [-0.39, 0.29) is 12.1 Å². The number of hydrogen-bond donors (Lipinski definition) is 2. The molecule has 2 N–H and O–H groups in total. The first-order valence-corrected chi connectivity index (χ1v) is 7.86. The maximum absolute atomic E-state index is 11.7. The third-order valence-electron chi connectivity index (χ3n) is 3.45. The fourth-order valence-electron chi connectivity index (χ4n) is 2.41. The Morgan fingerprint density at radius 1 is 1.45 bits per heavy atom. The van der Waals surface area contributed by atoms with Gasteiger partial charge in [0.25, 0.3) is 0 Å². The quantitative estimate of drug-likeness (QED) is 0.869. The lowest BCUT2D eigenvalue weighted by Crippen LogP contribution is -2.42. The largest absolute Gasteiger partial charge is 0.450 e. The summed E-state index contributed by atoms with van der Waals surface area (Å²) in [5.41, 5.74) is 0. The number of anilines is 2. The minimum absolute atomic E-state index is 0.222. The fourth-order valence-corrected chi connectivity index (χ4v) is 2.41. The zero-order valence-corrected chi connectivity index (χ0v) is 13.5. The van der Waals surface area contributed by atoms with Crippen LogP contribution in [0, 0.1) is 0 Å². The van der Waals surface area contributed by atoms with E-state index < -0.39 is 0 Å². The highest BCUT2D eigenvalue weighted by molar-refractivity contribution is 5.67. The Balaban J connectivity index is 1.84. The van der Waals surface area contributed by atoms with Crippen molar-refractivity contribution in [2.24, 2.45) is 0 Å². The number of likely N-dealkylation sites (tertiary alicyclic amines) is 1. The molecule has 7 nitrogen and oxygen atoms in total. The van der Waals surface area contributed by atoms with Crippen molar-refractivity contribution in [1.29, 1.82) is 0 Å². The second kappa shape index (κ2) is 7.82. The molecule has 0 unspecified atom stereocenters.